The average Bonchev–Trinajstić information content (AvgIpc) is 2.68. The van der Waals surface area contributed by atoms with Crippen LogP contribution in [-0.4, -0.2) is 45.5 Å². The molecule has 0 saturated carbocycles. The summed E-state index contributed by atoms with van der Waals surface area (Å²) in [5, 5.41) is 0. The zero-order valence-electron chi connectivity index (χ0n) is 10.6. The summed E-state index contributed by atoms with van der Waals surface area (Å²) in [6.07, 6.45) is 1.33. The predicted octanol–water partition coefficient (Wildman–Crippen LogP) is 1.01. The molecule has 2 aliphatic rings. The van der Waals surface area contributed by atoms with E-state index >= 15 is 0 Å². The molecule has 19 heavy (non-hydrogen) atoms. The Balaban J connectivity index is 2.00. The number of imide groups is 1. The van der Waals surface area contributed by atoms with Gasteiger partial charge in [0, 0.05) is 19.8 Å². The van der Waals surface area contributed by atoms with Gasteiger partial charge in [0.25, 0.3) is 0 Å². The SMILES string of the molecule is CC(=O)OC[C@@H]1CC[C@H](I)[C@@H](N2C(=O)CCC2=O)O1. The Hall–Kier alpha value is -0.700. The lowest BCUT2D eigenvalue weighted by Gasteiger charge is -2.37. The van der Waals surface area contributed by atoms with Crippen molar-refractivity contribution in [3.8, 4) is 0 Å². The van der Waals surface area contributed by atoms with Gasteiger partial charge in [0.15, 0.2) is 6.23 Å². The van der Waals surface area contributed by atoms with E-state index in [1.54, 1.807) is 0 Å². The number of nitrogens with zero attached hydrogens (tertiary/aromatic N) is 1. The molecule has 2 fully saturated rings. The van der Waals surface area contributed by atoms with E-state index in [4.69, 9.17) is 9.47 Å². The van der Waals surface area contributed by atoms with Crippen LogP contribution >= 0.6 is 22.6 Å². The second-order valence-corrected chi connectivity index (χ2v) is 6.30. The first-order valence-corrected chi connectivity index (χ1v) is 7.51. The predicted molar refractivity (Wildman–Crippen MR) is 73.4 cm³/mol. The Labute approximate surface area is 124 Å². The fourth-order valence-corrected chi connectivity index (χ4v) is 3.12. The van der Waals surface area contributed by atoms with Crippen molar-refractivity contribution in [1.29, 1.82) is 0 Å². The van der Waals surface area contributed by atoms with Crippen LogP contribution in [0.3, 0.4) is 0 Å². The van der Waals surface area contributed by atoms with Crippen LogP contribution in [0.15, 0.2) is 0 Å². The molecule has 2 heterocycles. The third-order valence-electron chi connectivity index (χ3n) is 3.22. The van der Waals surface area contributed by atoms with Gasteiger partial charge in [-0.2, -0.15) is 0 Å². The van der Waals surface area contributed by atoms with Crippen molar-refractivity contribution in [2.75, 3.05) is 6.61 Å². The number of hydrogen-bond donors (Lipinski definition) is 0. The van der Waals surface area contributed by atoms with E-state index in [1.165, 1.54) is 11.8 Å². The molecule has 0 aromatic heterocycles. The second-order valence-electron chi connectivity index (χ2n) is 4.70. The van der Waals surface area contributed by atoms with E-state index in [-0.39, 0.29) is 47.3 Å². The third-order valence-corrected chi connectivity index (χ3v) is 4.46. The Kier molecular flexibility index (Phi) is 4.77. The van der Waals surface area contributed by atoms with Crippen LogP contribution in [0.5, 0.6) is 0 Å². The van der Waals surface area contributed by atoms with Crippen LogP contribution in [0.2, 0.25) is 0 Å². The molecule has 6 nitrogen and oxygen atoms in total. The molecule has 0 spiro atoms. The molecule has 106 valence electrons. The number of amides is 2. The summed E-state index contributed by atoms with van der Waals surface area (Å²) in [5.74, 6) is -0.709. The van der Waals surface area contributed by atoms with Gasteiger partial charge in [-0.05, 0) is 12.8 Å². The fraction of sp³-hybridized carbons (Fsp3) is 0.750. The van der Waals surface area contributed by atoms with Gasteiger partial charge in [-0.1, -0.05) is 22.6 Å². The minimum atomic E-state index is -0.530. The average molecular weight is 381 g/mol. The molecular formula is C12H16INO5. The highest BCUT2D eigenvalue weighted by atomic mass is 127. The molecule has 2 aliphatic heterocycles. The third kappa shape index (κ3) is 3.44. The summed E-state index contributed by atoms with van der Waals surface area (Å²) in [6, 6.07) is 0. The van der Waals surface area contributed by atoms with Crippen molar-refractivity contribution in [1.82, 2.24) is 4.90 Å². The topological polar surface area (TPSA) is 72.9 Å². The van der Waals surface area contributed by atoms with E-state index in [0.717, 1.165) is 12.8 Å². The Morgan fingerprint density at radius 3 is 2.58 bits per heavy atom. The van der Waals surface area contributed by atoms with Crippen molar-refractivity contribution < 1.29 is 23.9 Å². The normalized spacial score (nSPS) is 31.7. The number of carbonyl (C=O) groups excluding carboxylic acids is 3. The van der Waals surface area contributed by atoms with Crippen LogP contribution in [0.4, 0.5) is 0 Å². The van der Waals surface area contributed by atoms with Gasteiger partial charge in [-0.25, -0.2) is 0 Å². The number of hydrogen-bond acceptors (Lipinski definition) is 5. The molecule has 3 atom stereocenters. The molecule has 0 bridgehead atoms. The van der Waals surface area contributed by atoms with Crippen LogP contribution in [0.1, 0.15) is 32.6 Å². The zero-order chi connectivity index (χ0) is 14.0. The number of ether oxygens (including phenoxy) is 2. The zero-order valence-corrected chi connectivity index (χ0v) is 12.8. The van der Waals surface area contributed by atoms with Crippen molar-refractivity contribution in [2.24, 2.45) is 0 Å². The Morgan fingerprint density at radius 1 is 1.37 bits per heavy atom. The number of halogens is 1. The molecule has 0 aliphatic carbocycles. The summed E-state index contributed by atoms with van der Waals surface area (Å²) in [4.78, 5) is 35.5. The maximum absolute atomic E-state index is 11.7. The first-order chi connectivity index (χ1) is 8.99. The smallest absolute Gasteiger partial charge is 0.302 e. The lowest BCUT2D eigenvalue weighted by Crippen LogP contribution is -2.51. The first kappa shape index (κ1) is 14.7. The summed E-state index contributed by atoms with van der Waals surface area (Å²) in [6.45, 7) is 1.51. The first-order valence-electron chi connectivity index (χ1n) is 6.27. The second kappa shape index (κ2) is 6.17. The minimum absolute atomic E-state index is 0.0807. The number of alkyl halides is 1. The lowest BCUT2D eigenvalue weighted by atomic mass is 10.1. The minimum Gasteiger partial charge on any atom is -0.463 e. The van der Waals surface area contributed by atoms with Crippen molar-refractivity contribution in [2.45, 2.75) is 48.9 Å². The van der Waals surface area contributed by atoms with Gasteiger partial charge in [0.05, 0.1) is 10.0 Å². The molecule has 0 radical (unpaired) electrons. The highest BCUT2D eigenvalue weighted by Crippen LogP contribution is 2.31. The summed E-state index contributed by atoms with van der Waals surface area (Å²) in [5.41, 5.74) is 0. The van der Waals surface area contributed by atoms with Crippen LogP contribution in [0, 0.1) is 0 Å². The van der Waals surface area contributed by atoms with Gasteiger partial charge in [0.1, 0.15) is 6.61 Å². The quantitative estimate of drug-likeness (QED) is 0.316. The number of carbonyl (C=O) groups is 3. The van der Waals surface area contributed by atoms with Crippen molar-refractivity contribution >= 4 is 40.4 Å². The molecule has 2 rings (SSSR count). The van der Waals surface area contributed by atoms with E-state index in [0.29, 0.717) is 0 Å². The molecule has 7 heteroatoms. The van der Waals surface area contributed by atoms with Crippen LogP contribution < -0.4 is 0 Å². The Morgan fingerprint density at radius 2 is 2.00 bits per heavy atom. The summed E-state index contributed by atoms with van der Waals surface area (Å²) in [7, 11) is 0. The summed E-state index contributed by atoms with van der Waals surface area (Å²) < 4.78 is 10.8. The van der Waals surface area contributed by atoms with Gasteiger partial charge in [-0.3, -0.25) is 19.3 Å². The molecule has 0 aromatic carbocycles. The highest BCUT2D eigenvalue weighted by Gasteiger charge is 2.42. The highest BCUT2D eigenvalue weighted by molar-refractivity contribution is 14.1. The maximum Gasteiger partial charge on any atom is 0.302 e. The monoisotopic (exact) mass is 381 g/mol. The number of rotatable bonds is 3. The van der Waals surface area contributed by atoms with Gasteiger partial charge in [0.2, 0.25) is 11.8 Å². The molecule has 0 unspecified atom stereocenters. The van der Waals surface area contributed by atoms with E-state index < -0.39 is 6.23 Å². The molecular weight excluding hydrogens is 365 g/mol. The number of esters is 1. The molecule has 2 amide bonds. The standard InChI is InChI=1S/C12H16INO5/c1-7(15)18-6-8-2-3-9(13)12(19-8)14-10(16)4-5-11(14)17/h8-9,12H,2-6H2,1H3/t8-,9-,12-/m0/s1. The van der Waals surface area contributed by atoms with E-state index in [2.05, 4.69) is 22.6 Å². The molecule has 0 N–H and O–H groups in total. The van der Waals surface area contributed by atoms with Crippen LogP contribution in [-0.2, 0) is 23.9 Å². The van der Waals surface area contributed by atoms with Crippen LogP contribution in [0.25, 0.3) is 0 Å². The number of likely N-dealkylation sites (tertiary alicyclic amines) is 1. The maximum atomic E-state index is 11.7. The van der Waals surface area contributed by atoms with E-state index in [9.17, 15) is 14.4 Å². The molecule has 0 aromatic rings. The van der Waals surface area contributed by atoms with Crippen molar-refractivity contribution in [3.63, 3.8) is 0 Å². The fourth-order valence-electron chi connectivity index (χ4n) is 2.27. The van der Waals surface area contributed by atoms with Gasteiger partial charge < -0.3 is 9.47 Å². The van der Waals surface area contributed by atoms with Gasteiger partial charge >= 0.3 is 5.97 Å². The van der Waals surface area contributed by atoms with Crippen molar-refractivity contribution in [3.05, 3.63) is 0 Å². The van der Waals surface area contributed by atoms with Gasteiger partial charge in [-0.15, -0.1) is 0 Å². The summed E-state index contributed by atoms with van der Waals surface area (Å²) >= 11 is 2.20. The molecule has 2 saturated heterocycles. The lowest BCUT2D eigenvalue weighted by molar-refractivity contribution is -0.173. The Bertz CT molecular complexity index is 384. The largest absolute Gasteiger partial charge is 0.463 e. The van der Waals surface area contributed by atoms with E-state index in [1.807, 2.05) is 0 Å².